The fourth-order valence-electron chi connectivity index (χ4n) is 3.24. The smallest absolute Gasteiger partial charge is 0.332 e. The van der Waals surface area contributed by atoms with Crippen molar-refractivity contribution in [1.29, 1.82) is 0 Å². The fourth-order valence-corrected chi connectivity index (χ4v) is 3.24. The molecule has 0 N–H and O–H groups in total. The van der Waals surface area contributed by atoms with Crippen LogP contribution >= 0.6 is 0 Å². The molecule has 130 valence electrons. The van der Waals surface area contributed by atoms with E-state index in [1.54, 1.807) is 6.92 Å². The maximum atomic E-state index is 11.9. The summed E-state index contributed by atoms with van der Waals surface area (Å²) in [5.41, 5.74) is 1.97. The lowest BCUT2D eigenvalue weighted by atomic mass is 9.88. The van der Waals surface area contributed by atoms with E-state index in [2.05, 4.69) is 4.90 Å². The molecule has 1 aromatic carbocycles. The highest BCUT2D eigenvalue weighted by molar-refractivity contribution is 5.82. The Morgan fingerprint density at radius 3 is 2.75 bits per heavy atom. The van der Waals surface area contributed by atoms with Crippen LogP contribution in [0.5, 0.6) is 0 Å². The Balaban J connectivity index is 2.21. The summed E-state index contributed by atoms with van der Waals surface area (Å²) in [7, 11) is 0. The van der Waals surface area contributed by atoms with E-state index in [-0.39, 0.29) is 29.4 Å². The molecule has 24 heavy (non-hydrogen) atoms. The summed E-state index contributed by atoms with van der Waals surface area (Å²) in [6.07, 6.45) is 2.76. The van der Waals surface area contributed by atoms with Crippen LogP contribution in [-0.2, 0) is 16.1 Å². The summed E-state index contributed by atoms with van der Waals surface area (Å²) in [6, 6.07) is 10.1. The minimum absolute atomic E-state index is 0.0531. The molecule has 1 aliphatic heterocycles. The molecular weight excluding hydrogens is 308 g/mol. The number of hydrogen-bond donors (Lipinski definition) is 0. The van der Waals surface area contributed by atoms with Crippen LogP contribution < -0.4 is 0 Å². The third kappa shape index (κ3) is 5.08. The van der Waals surface area contributed by atoms with Crippen LogP contribution in [0.1, 0.15) is 32.3 Å². The monoisotopic (exact) mass is 332 g/mol. The van der Waals surface area contributed by atoms with Gasteiger partial charge in [-0.2, -0.15) is 0 Å². The van der Waals surface area contributed by atoms with E-state index < -0.39 is 0 Å². The van der Waals surface area contributed by atoms with Crippen LogP contribution in [0, 0.1) is 16.0 Å². The number of ether oxygens (including phenoxy) is 1. The zero-order valence-corrected chi connectivity index (χ0v) is 14.2. The van der Waals surface area contributed by atoms with Crippen LogP contribution in [-0.4, -0.2) is 35.0 Å². The number of rotatable bonds is 6. The average molecular weight is 332 g/mol. The van der Waals surface area contributed by atoms with Gasteiger partial charge in [0.2, 0.25) is 6.54 Å². The SMILES string of the molecule is CCOC(=O)/C=C1\CC(C[N+](=O)[O-])CC(C)N1Cc1ccccc1. The molecule has 1 heterocycles. The number of nitro groups is 1. The van der Waals surface area contributed by atoms with Crippen molar-refractivity contribution < 1.29 is 14.5 Å². The molecule has 0 amide bonds. The topological polar surface area (TPSA) is 72.7 Å². The van der Waals surface area contributed by atoms with E-state index in [4.69, 9.17) is 4.74 Å². The zero-order chi connectivity index (χ0) is 17.5. The van der Waals surface area contributed by atoms with Crippen LogP contribution in [0.2, 0.25) is 0 Å². The van der Waals surface area contributed by atoms with Crippen LogP contribution in [0.4, 0.5) is 0 Å². The van der Waals surface area contributed by atoms with E-state index in [1.165, 1.54) is 6.08 Å². The first-order chi connectivity index (χ1) is 11.5. The first kappa shape index (κ1) is 18.0. The van der Waals surface area contributed by atoms with Crippen molar-refractivity contribution in [3.8, 4) is 0 Å². The lowest BCUT2D eigenvalue weighted by molar-refractivity contribution is -0.489. The Kier molecular flexibility index (Phi) is 6.35. The molecular formula is C18H24N2O4. The number of allylic oxidation sites excluding steroid dienone is 1. The Morgan fingerprint density at radius 2 is 2.12 bits per heavy atom. The normalized spacial score (nSPS) is 22.4. The number of nitrogens with zero attached hydrogens (tertiary/aromatic N) is 2. The quantitative estimate of drug-likeness (QED) is 0.346. The highest BCUT2D eigenvalue weighted by atomic mass is 16.6. The van der Waals surface area contributed by atoms with Crippen LogP contribution in [0.15, 0.2) is 42.1 Å². The molecule has 1 fully saturated rings. The van der Waals surface area contributed by atoms with Gasteiger partial charge in [0, 0.05) is 35.2 Å². The third-order valence-corrected chi connectivity index (χ3v) is 4.25. The Labute approximate surface area is 142 Å². The van der Waals surface area contributed by atoms with Gasteiger partial charge in [0.25, 0.3) is 0 Å². The van der Waals surface area contributed by atoms with Crippen molar-refractivity contribution in [1.82, 2.24) is 4.90 Å². The van der Waals surface area contributed by atoms with Gasteiger partial charge >= 0.3 is 5.97 Å². The number of benzene rings is 1. The van der Waals surface area contributed by atoms with Crippen molar-refractivity contribution in [2.75, 3.05) is 13.2 Å². The zero-order valence-electron chi connectivity index (χ0n) is 14.2. The molecule has 2 rings (SSSR count). The number of piperidine rings is 1. The van der Waals surface area contributed by atoms with E-state index in [0.29, 0.717) is 19.6 Å². The third-order valence-electron chi connectivity index (χ3n) is 4.25. The second kappa shape index (κ2) is 8.47. The minimum atomic E-state index is -0.389. The predicted molar refractivity (Wildman–Crippen MR) is 90.7 cm³/mol. The van der Waals surface area contributed by atoms with Crippen molar-refractivity contribution >= 4 is 5.97 Å². The summed E-state index contributed by atoms with van der Waals surface area (Å²) in [4.78, 5) is 24.6. The molecule has 0 aliphatic carbocycles. The predicted octanol–water partition coefficient (Wildman–Crippen LogP) is 3.01. The minimum Gasteiger partial charge on any atom is -0.463 e. The van der Waals surface area contributed by atoms with E-state index >= 15 is 0 Å². The molecule has 1 aliphatic rings. The molecule has 6 nitrogen and oxygen atoms in total. The van der Waals surface area contributed by atoms with E-state index in [0.717, 1.165) is 17.7 Å². The highest BCUT2D eigenvalue weighted by Crippen LogP contribution is 2.32. The Hall–Kier alpha value is -2.37. The van der Waals surface area contributed by atoms with Gasteiger partial charge in [-0.3, -0.25) is 10.1 Å². The first-order valence-corrected chi connectivity index (χ1v) is 8.29. The number of carbonyl (C=O) groups excluding carboxylic acids is 1. The summed E-state index contributed by atoms with van der Waals surface area (Å²) >= 11 is 0. The van der Waals surface area contributed by atoms with Crippen LogP contribution in [0.3, 0.4) is 0 Å². The number of esters is 1. The Morgan fingerprint density at radius 1 is 1.42 bits per heavy atom. The van der Waals surface area contributed by atoms with Crippen LogP contribution in [0.25, 0.3) is 0 Å². The Bertz CT molecular complexity index is 600. The largest absolute Gasteiger partial charge is 0.463 e. The summed E-state index contributed by atoms with van der Waals surface area (Å²) < 4.78 is 5.02. The lowest BCUT2D eigenvalue weighted by Crippen LogP contribution is -2.40. The summed E-state index contributed by atoms with van der Waals surface area (Å²) in [5, 5.41) is 10.9. The number of hydrogen-bond acceptors (Lipinski definition) is 5. The fraction of sp³-hybridized carbons (Fsp3) is 0.500. The van der Waals surface area contributed by atoms with Gasteiger partial charge < -0.3 is 9.64 Å². The van der Waals surface area contributed by atoms with Gasteiger partial charge in [0.15, 0.2) is 0 Å². The lowest BCUT2D eigenvalue weighted by Gasteiger charge is -2.40. The number of likely N-dealkylation sites (tertiary alicyclic amines) is 1. The van der Waals surface area contributed by atoms with Crippen molar-refractivity contribution in [2.24, 2.45) is 5.92 Å². The summed E-state index contributed by atoms with van der Waals surface area (Å²) in [5.74, 6) is -0.442. The molecule has 0 bridgehead atoms. The molecule has 0 aromatic heterocycles. The molecule has 0 spiro atoms. The van der Waals surface area contributed by atoms with Crippen molar-refractivity contribution in [3.05, 3.63) is 57.8 Å². The number of carbonyl (C=O) groups is 1. The molecule has 1 aromatic rings. The molecule has 0 radical (unpaired) electrons. The molecule has 1 saturated heterocycles. The van der Waals surface area contributed by atoms with Gasteiger partial charge in [-0.1, -0.05) is 30.3 Å². The van der Waals surface area contributed by atoms with Crippen molar-refractivity contribution in [3.63, 3.8) is 0 Å². The maximum absolute atomic E-state index is 11.9. The van der Waals surface area contributed by atoms with E-state index in [9.17, 15) is 14.9 Å². The first-order valence-electron chi connectivity index (χ1n) is 8.29. The molecule has 6 heteroatoms. The standard InChI is InChI=1S/C18H24N2O4/c1-3-24-18(21)11-17-10-16(13-20(22)23)9-14(2)19(17)12-15-7-5-4-6-8-15/h4-8,11,14,16H,3,9-10,12-13H2,1-2H3/b17-11+. The average Bonchev–Trinajstić information content (AvgIpc) is 2.51. The van der Waals surface area contributed by atoms with Crippen molar-refractivity contribution in [2.45, 2.75) is 39.3 Å². The van der Waals surface area contributed by atoms with E-state index in [1.807, 2.05) is 37.3 Å². The molecule has 2 atom stereocenters. The molecule has 0 saturated carbocycles. The highest BCUT2D eigenvalue weighted by Gasteiger charge is 2.31. The van der Waals surface area contributed by atoms with Gasteiger partial charge in [-0.25, -0.2) is 4.79 Å². The summed E-state index contributed by atoms with van der Waals surface area (Å²) in [6.45, 7) is 4.74. The van der Waals surface area contributed by atoms with Gasteiger partial charge in [0.05, 0.1) is 6.61 Å². The maximum Gasteiger partial charge on any atom is 0.332 e. The molecule has 2 unspecified atom stereocenters. The second-order valence-corrected chi connectivity index (χ2v) is 6.17. The van der Waals surface area contributed by atoms with Gasteiger partial charge in [-0.05, 0) is 32.3 Å². The second-order valence-electron chi connectivity index (χ2n) is 6.17. The van der Waals surface area contributed by atoms with Gasteiger partial charge in [-0.15, -0.1) is 0 Å². The van der Waals surface area contributed by atoms with Gasteiger partial charge in [0.1, 0.15) is 0 Å².